The normalized spacial score (nSPS) is 14.5. The monoisotopic (exact) mass is 392 g/mol. The van der Waals surface area contributed by atoms with Gasteiger partial charge in [0, 0.05) is 35.8 Å². The highest BCUT2D eigenvalue weighted by molar-refractivity contribution is 7.13. The average molecular weight is 392 g/mol. The van der Waals surface area contributed by atoms with Gasteiger partial charge in [-0.05, 0) is 47.7 Å². The summed E-state index contributed by atoms with van der Waals surface area (Å²) in [6, 6.07) is 10.5. The third kappa shape index (κ3) is 2.93. The number of aromatic amines is 2. The van der Waals surface area contributed by atoms with Gasteiger partial charge in [0.15, 0.2) is 5.69 Å². The second-order valence-corrected chi connectivity index (χ2v) is 7.71. The molecule has 7 heteroatoms. The highest BCUT2D eigenvalue weighted by Crippen LogP contribution is 2.30. The zero-order chi connectivity index (χ0) is 19.1. The van der Waals surface area contributed by atoms with E-state index in [0.29, 0.717) is 18.8 Å². The van der Waals surface area contributed by atoms with Crippen LogP contribution in [0.4, 0.5) is 4.39 Å². The lowest BCUT2D eigenvalue weighted by molar-refractivity contribution is 0.0767. The Bertz CT molecular complexity index is 1190. The molecule has 0 saturated carbocycles. The van der Waals surface area contributed by atoms with Crippen molar-refractivity contribution in [3.63, 3.8) is 0 Å². The van der Waals surface area contributed by atoms with Gasteiger partial charge in [0.1, 0.15) is 5.82 Å². The molecule has 1 aliphatic rings. The first-order chi connectivity index (χ1) is 13.7. The zero-order valence-electron chi connectivity index (χ0n) is 14.9. The summed E-state index contributed by atoms with van der Waals surface area (Å²) < 4.78 is 13.4. The number of thiophene rings is 1. The fraction of sp³-hybridized carbons (Fsp3) is 0.143. The fourth-order valence-corrected chi connectivity index (χ4v) is 4.31. The topological polar surface area (TPSA) is 64.8 Å². The van der Waals surface area contributed by atoms with Crippen LogP contribution in [0, 0.1) is 5.82 Å². The number of benzene rings is 1. The van der Waals surface area contributed by atoms with Crippen LogP contribution in [0.5, 0.6) is 0 Å². The van der Waals surface area contributed by atoms with Gasteiger partial charge in [-0.1, -0.05) is 12.1 Å². The molecule has 1 aromatic carbocycles. The molecule has 5 rings (SSSR count). The lowest BCUT2D eigenvalue weighted by atomic mass is 9.98. The van der Waals surface area contributed by atoms with Gasteiger partial charge in [0.2, 0.25) is 0 Å². The molecule has 0 saturated heterocycles. The summed E-state index contributed by atoms with van der Waals surface area (Å²) in [4.78, 5) is 18.8. The van der Waals surface area contributed by atoms with Gasteiger partial charge < -0.3 is 9.88 Å². The van der Waals surface area contributed by atoms with Crippen molar-refractivity contribution in [2.24, 2.45) is 0 Å². The molecular weight excluding hydrogens is 375 g/mol. The quantitative estimate of drug-likeness (QED) is 0.531. The van der Waals surface area contributed by atoms with Crippen molar-refractivity contribution in [2.75, 3.05) is 13.1 Å². The number of carbonyl (C=O) groups is 1. The number of amides is 1. The summed E-state index contributed by atoms with van der Waals surface area (Å²) >= 11 is 1.61. The number of hydrogen-bond donors (Lipinski definition) is 2. The Hall–Kier alpha value is -3.19. The maximum atomic E-state index is 13.4. The summed E-state index contributed by atoms with van der Waals surface area (Å²) in [7, 11) is 0. The highest BCUT2D eigenvalue weighted by Gasteiger charge is 2.22. The van der Waals surface area contributed by atoms with Crippen molar-refractivity contribution in [2.45, 2.75) is 6.42 Å². The highest BCUT2D eigenvalue weighted by atomic mass is 32.1. The van der Waals surface area contributed by atoms with Crippen LogP contribution in [0.2, 0.25) is 0 Å². The summed E-state index contributed by atoms with van der Waals surface area (Å²) in [5.41, 5.74) is 4.32. The summed E-state index contributed by atoms with van der Waals surface area (Å²) in [5.74, 6) is -0.327. The third-order valence-electron chi connectivity index (χ3n) is 5.07. The summed E-state index contributed by atoms with van der Waals surface area (Å²) in [5, 5.41) is 10.1. The standard InChI is InChI=1S/C21H17FN4OS/c22-14-3-4-15-16(12-23-17(15)10-14)13-5-7-26(8-6-13)21(27)19-11-18(24-25-19)20-2-1-9-28-20/h1-5,9-12,23H,6-8H2,(H,24,25). The van der Waals surface area contributed by atoms with E-state index < -0.39 is 0 Å². The smallest absolute Gasteiger partial charge is 0.274 e. The van der Waals surface area contributed by atoms with Gasteiger partial charge in [-0.25, -0.2) is 4.39 Å². The lowest BCUT2D eigenvalue weighted by Gasteiger charge is -2.25. The number of H-pyrrole nitrogens is 2. The van der Waals surface area contributed by atoms with E-state index in [1.54, 1.807) is 22.3 Å². The van der Waals surface area contributed by atoms with Crippen LogP contribution in [0.3, 0.4) is 0 Å². The molecule has 1 amide bonds. The van der Waals surface area contributed by atoms with Crippen LogP contribution in [-0.4, -0.2) is 39.1 Å². The molecule has 0 radical (unpaired) electrons. The number of fused-ring (bicyclic) bond motifs is 1. The largest absolute Gasteiger partial charge is 0.360 e. The van der Waals surface area contributed by atoms with Gasteiger partial charge in [-0.15, -0.1) is 11.3 Å². The van der Waals surface area contributed by atoms with E-state index in [2.05, 4.69) is 21.3 Å². The zero-order valence-corrected chi connectivity index (χ0v) is 15.7. The second kappa shape index (κ2) is 6.76. The molecule has 0 bridgehead atoms. The van der Waals surface area contributed by atoms with Crippen molar-refractivity contribution in [3.8, 4) is 10.6 Å². The number of halogens is 1. The minimum absolute atomic E-state index is 0.0737. The van der Waals surface area contributed by atoms with Crippen LogP contribution in [0.25, 0.3) is 27.0 Å². The molecule has 4 aromatic rings. The number of nitrogens with one attached hydrogen (secondary N) is 2. The number of nitrogens with zero attached hydrogens (tertiary/aromatic N) is 2. The Kier molecular flexibility index (Phi) is 4.09. The molecule has 0 spiro atoms. The molecule has 4 heterocycles. The lowest BCUT2D eigenvalue weighted by Crippen LogP contribution is -2.34. The van der Waals surface area contributed by atoms with E-state index >= 15 is 0 Å². The van der Waals surface area contributed by atoms with E-state index in [4.69, 9.17) is 0 Å². The first-order valence-electron chi connectivity index (χ1n) is 9.03. The number of rotatable bonds is 3. The van der Waals surface area contributed by atoms with Crippen LogP contribution in [0.15, 0.2) is 54.1 Å². The minimum Gasteiger partial charge on any atom is -0.360 e. The SMILES string of the molecule is O=C(c1cc(-c2cccs2)[nH]n1)N1CC=C(c2c[nH]c3cc(F)ccc23)CC1. The van der Waals surface area contributed by atoms with Crippen molar-refractivity contribution in [1.29, 1.82) is 0 Å². The van der Waals surface area contributed by atoms with E-state index in [-0.39, 0.29) is 11.7 Å². The molecule has 1 aliphatic heterocycles. The van der Waals surface area contributed by atoms with Crippen LogP contribution in [-0.2, 0) is 0 Å². The molecule has 5 nitrogen and oxygen atoms in total. The van der Waals surface area contributed by atoms with Gasteiger partial charge in [-0.2, -0.15) is 5.10 Å². The Labute approximate surface area is 164 Å². The fourth-order valence-electron chi connectivity index (χ4n) is 3.61. The first-order valence-corrected chi connectivity index (χ1v) is 9.91. The Morgan fingerprint density at radius 3 is 2.96 bits per heavy atom. The van der Waals surface area contributed by atoms with E-state index in [1.807, 2.05) is 29.8 Å². The first kappa shape index (κ1) is 16.9. The molecule has 3 aromatic heterocycles. The molecule has 140 valence electrons. The molecule has 2 N–H and O–H groups in total. The molecule has 0 unspecified atom stereocenters. The van der Waals surface area contributed by atoms with E-state index in [1.165, 1.54) is 17.7 Å². The Morgan fingerprint density at radius 1 is 1.25 bits per heavy atom. The molecule has 0 atom stereocenters. The second-order valence-electron chi connectivity index (χ2n) is 6.77. The summed E-state index contributed by atoms with van der Waals surface area (Å²) in [6.07, 6.45) is 4.73. The predicted molar refractivity (Wildman–Crippen MR) is 109 cm³/mol. The van der Waals surface area contributed by atoms with Crippen molar-refractivity contribution in [1.82, 2.24) is 20.1 Å². The maximum Gasteiger partial charge on any atom is 0.274 e. The Morgan fingerprint density at radius 2 is 2.18 bits per heavy atom. The van der Waals surface area contributed by atoms with E-state index in [9.17, 15) is 9.18 Å². The molecular formula is C21H17FN4OS. The predicted octanol–water partition coefficient (Wildman–Crippen LogP) is 4.69. The molecule has 28 heavy (non-hydrogen) atoms. The van der Waals surface area contributed by atoms with Crippen molar-refractivity contribution >= 4 is 33.7 Å². The number of hydrogen-bond acceptors (Lipinski definition) is 3. The van der Waals surface area contributed by atoms with Crippen LogP contribution in [0.1, 0.15) is 22.5 Å². The number of carbonyl (C=O) groups excluding carboxylic acids is 1. The summed E-state index contributed by atoms with van der Waals surface area (Å²) in [6.45, 7) is 1.16. The van der Waals surface area contributed by atoms with Crippen molar-refractivity contribution < 1.29 is 9.18 Å². The van der Waals surface area contributed by atoms with Crippen molar-refractivity contribution in [3.05, 3.63) is 71.1 Å². The Balaban J connectivity index is 1.34. The van der Waals surface area contributed by atoms with Crippen LogP contribution < -0.4 is 0 Å². The number of aromatic nitrogens is 3. The molecule has 0 fully saturated rings. The molecule has 0 aliphatic carbocycles. The minimum atomic E-state index is -0.254. The maximum absolute atomic E-state index is 13.4. The van der Waals surface area contributed by atoms with Gasteiger partial charge >= 0.3 is 0 Å². The average Bonchev–Trinajstić information content (AvgIpc) is 3.46. The van der Waals surface area contributed by atoms with Gasteiger partial charge in [0.05, 0.1) is 10.6 Å². The third-order valence-corrected chi connectivity index (χ3v) is 5.97. The van der Waals surface area contributed by atoms with Gasteiger partial charge in [-0.3, -0.25) is 9.89 Å². The van der Waals surface area contributed by atoms with E-state index in [0.717, 1.165) is 33.5 Å². The van der Waals surface area contributed by atoms with Gasteiger partial charge in [0.25, 0.3) is 5.91 Å². The van der Waals surface area contributed by atoms with Crippen LogP contribution >= 0.6 is 11.3 Å².